The van der Waals surface area contributed by atoms with Crippen molar-refractivity contribution in [3.63, 3.8) is 0 Å². The first-order valence-corrected chi connectivity index (χ1v) is 7.62. The Hall–Kier alpha value is -2.04. The fourth-order valence-electron chi connectivity index (χ4n) is 2.72. The van der Waals surface area contributed by atoms with Gasteiger partial charge in [-0.3, -0.25) is 4.79 Å². The minimum atomic E-state index is -0.610. The number of carbonyl (C=O) groups excluding carboxylic acids is 2. The van der Waals surface area contributed by atoms with Gasteiger partial charge in [-0.05, 0) is 37.1 Å². The zero-order valence-electron chi connectivity index (χ0n) is 12.2. The zero-order chi connectivity index (χ0) is 15.1. The van der Waals surface area contributed by atoms with Gasteiger partial charge in [0.1, 0.15) is 0 Å². The van der Waals surface area contributed by atoms with Gasteiger partial charge in [0, 0.05) is 17.3 Å². The van der Waals surface area contributed by atoms with Crippen LogP contribution in [0.15, 0.2) is 24.3 Å². The first kappa shape index (κ1) is 15.4. The number of nitrogens with two attached hydrogens (primary N) is 1. The van der Waals surface area contributed by atoms with E-state index < -0.39 is 6.03 Å². The Morgan fingerprint density at radius 2 is 1.52 bits per heavy atom. The van der Waals surface area contributed by atoms with E-state index in [9.17, 15) is 9.59 Å². The highest BCUT2D eigenvalue weighted by molar-refractivity contribution is 5.95. The molecule has 0 aliphatic heterocycles. The molecule has 1 fully saturated rings. The summed E-state index contributed by atoms with van der Waals surface area (Å²) in [6.45, 7) is 0. The molecule has 5 heteroatoms. The Balaban J connectivity index is 1.91. The van der Waals surface area contributed by atoms with E-state index >= 15 is 0 Å². The maximum Gasteiger partial charge on any atom is 0.316 e. The van der Waals surface area contributed by atoms with Gasteiger partial charge in [0.25, 0.3) is 5.91 Å². The van der Waals surface area contributed by atoms with Crippen molar-refractivity contribution in [2.24, 2.45) is 5.73 Å². The average Bonchev–Trinajstić information content (AvgIpc) is 2.41. The van der Waals surface area contributed by atoms with Gasteiger partial charge >= 0.3 is 6.03 Å². The summed E-state index contributed by atoms with van der Waals surface area (Å²) < 4.78 is 0. The van der Waals surface area contributed by atoms with Crippen LogP contribution >= 0.6 is 0 Å². The molecule has 4 N–H and O–H groups in total. The van der Waals surface area contributed by atoms with Gasteiger partial charge in [-0.1, -0.05) is 32.1 Å². The molecule has 0 radical (unpaired) electrons. The third-order valence-electron chi connectivity index (χ3n) is 3.86. The Labute approximate surface area is 125 Å². The molecule has 2 rings (SSSR count). The molecule has 1 aromatic rings. The summed E-state index contributed by atoms with van der Waals surface area (Å²) in [6.07, 6.45) is 8.34. The summed E-state index contributed by atoms with van der Waals surface area (Å²) in [5.74, 6) is -0.0498. The minimum Gasteiger partial charge on any atom is -0.351 e. The van der Waals surface area contributed by atoms with Gasteiger partial charge in [0.15, 0.2) is 0 Å². The van der Waals surface area contributed by atoms with Crippen molar-refractivity contribution in [1.82, 2.24) is 5.32 Å². The first-order valence-electron chi connectivity index (χ1n) is 7.62. The Morgan fingerprint density at radius 3 is 2.10 bits per heavy atom. The van der Waals surface area contributed by atoms with Crippen LogP contribution in [0.5, 0.6) is 0 Å². The average molecular weight is 289 g/mol. The molecular weight excluding hydrogens is 266 g/mol. The van der Waals surface area contributed by atoms with Crippen LogP contribution in [0.3, 0.4) is 0 Å². The van der Waals surface area contributed by atoms with Crippen molar-refractivity contribution >= 4 is 17.6 Å². The van der Waals surface area contributed by atoms with Gasteiger partial charge in [-0.15, -0.1) is 0 Å². The number of hydrogen-bond donors (Lipinski definition) is 3. The molecular formula is C16H23N3O2. The van der Waals surface area contributed by atoms with Gasteiger partial charge in [-0.25, -0.2) is 4.79 Å². The Morgan fingerprint density at radius 1 is 0.952 bits per heavy atom. The first-order chi connectivity index (χ1) is 10.1. The lowest BCUT2D eigenvalue weighted by atomic mass is 9.96. The number of amides is 3. The van der Waals surface area contributed by atoms with Crippen LogP contribution in [0.4, 0.5) is 10.5 Å². The smallest absolute Gasteiger partial charge is 0.316 e. The number of urea groups is 1. The van der Waals surface area contributed by atoms with Crippen LogP contribution in [0.1, 0.15) is 55.3 Å². The number of primary amides is 1. The molecule has 0 bridgehead atoms. The second-order valence-corrected chi connectivity index (χ2v) is 5.58. The monoisotopic (exact) mass is 289 g/mol. The minimum absolute atomic E-state index is 0.0498. The lowest BCUT2D eigenvalue weighted by Gasteiger charge is -2.21. The summed E-state index contributed by atoms with van der Waals surface area (Å²) in [5, 5.41) is 5.59. The molecule has 0 spiro atoms. The summed E-state index contributed by atoms with van der Waals surface area (Å²) >= 11 is 0. The van der Waals surface area contributed by atoms with Crippen molar-refractivity contribution in [2.45, 2.75) is 51.0 Å². The third kappa shape index (κ3) is 5.10. The van der Waals surface area contributed by atoms with Crippen LogP contribution in [-0.2, 0) is 0 Å². The van der Waals surface area contributed by atoms with E-state index in [4.69, 9.17) is 5.73 Å². The second kappa shape index (κ2) is 7.67. The number of benzene rings is 1. The molecule has 1 aliphatic rings. The van der Waals surface area contributed by atoms with Crippen LogP contribution in [0.25, 0.3) is 0 Å². The standard InChI is InChI=1S/C16H23N3O2/c17-16(21)19-14-10-8-12(9-11-14)15(20)18-13-6-4-2-1-3-5-7-13/h8-11,13H,1-7H2,(H,18,20)(H3,17,19,21). The van der Waals surface area contributed by atoms with Crippen LogP contribution < -0.4 is 16.4 Å². The molecule has 0 aromatic heterocycles. The summed E-state index contributed by atoms with van der Waals surface area (Å²) in [6, 6.07) is 6.42. The zero-order valence-corrected chi connectivity index (χ0v) is 12.2. The largest absolute Gasteiger partial charge is 0.351 e. The van der Waals surface area contributed by atoms with Crippen molar-refractivity contribution in [2.75, 3.05) is 5.32 Å². The van der Waals surface area contributed by atoms with Gasteiger partial charge in [0.2, 0.25) is 0 Å². The number of anilines is 1. The molecule has 1 aliphatic carbocycles. The molecule has 1 saturated carbocycles. The van der Waals surface area contributed by atoms with Crippen LogP contribution in [0.2, 0.25) is 0 Å². The molecule has 0 saturated heterocycles. The van der Waals surface area contributed by atoms with Crippen molar-refractivity contribution in [3.05, 3.63) is 29.8 Å². The maximum absolute atomic E-state index is 12.2. The van der Waals surface area contributed by atoms with E-state index in [0.717, 1.165) is 12.8 Å². The topological polar surface area (TPSA) is 84.2 Å². The number of rotatable bonds is 3. The number of hydrogen-bond acceptors (Lipinski definition) is 2. The lowest BCUT2D eigenvalue weighted by molar-refractivity contribution is 0.0930. The van der Waals surface area contributed by atoms with Crippen molar-refractivity contribution in [1.29, 1.82) is 0 Å². The second-order valence-electron chi connectivity index (χ2n) is 5.58. The fraction of sp³-hybridized carbons (Fsp3) is 0.500. The molecule has 5 nitrogen and oxygen atoms in total. The van der Waals surface area contributed by atoms with Gasteiger partial charge in [0.05, 0.1) is 0 Å². The summed E-state index contributed by atoms with van der Waals surface area (Å²) in [7, 11) is 0. The lowest BCUT2D eigenvalue weighted by Crippen LogP contribution is -2.35. The van der Waals surface area contributed by atoms with Crippen LogP contribution in [-0.4, -0.2) is 18.0 Å². The summed E-state index contributed by atoms with van der Waals surface area (Å²) in [4.78, 5) is 23.0. The molecule has 114 valence electrons. The number of nitrogens with one attached hydrogen (secondary N) is 2. The SMILES string of the molecule is NC(=O)Nc1ccc(C(=O)NC2CCCCCCC2)cc1. The maximum atomic E-state index is 12.2. The molecule has 0 unspecified atom stereocenters. The Kier molecular flexibility index (Phi) is 5.60. The third-order valence-corrected chi connectivity index (χ3v) is 3.86. The highest BCUT2D eigenvalue weighted by atomic mass is 16.2. The van der Waals surface area contributed by atoms with Gasteiger partial charge in [-0.2, -0.15) is 0 Å². The van der Waals surface area contributed by atoms with E-state index in [1.54, 1.807) is 24.3 Å². The van der Waals surface area contributed by atoms with E-state index in [1.165, 1.54) is 32.1 Å². The van der Waals surface area contributed by atoms with E-state index in [0.29, 0.717) is 11.3 Å². The molecule has 3 amide bonds. The van der Waals surface area contributed by atoms with Crippen molar-refractivity contribution < 1.29 is 9.59 Å². The predicted molar refractivity (Wildman–Crippen MR) is 83.2 cm³/mol. The highest BCUT2D eigenvalue weighted by Gasteiger charge is 2.15. The van der Waals surface area contributed by atoms with Gasteiger partial charge < -0.3 is 16.4 Å². The van der Waals surface area contributed by atoms with E-state index in [-0.39, 0.29) is 11.9 Å². The highest BCUT2D eigenvalue weighted by Crippen LogP contribution is 2.18. The summed E-state index contributed by atoms with van der Waals surface area (Å²) in [5.41, 5.74) is 6.24. The van der Waals surface area contributed by atoms with E-state index in [1.807, 2.05) is 0 Å². The molecule has 0 atom stereocenters. The molecule has 1 aromatic carbocycles. The van der Waals surface area contributed by atoms with Crippen LogP contribution in [0, 0.1) is 0 Å². The Bertz CT molecular complexity index is 477. The fourth-order valence-corrected chi connectivity index (χ4v) is 2.72. The molecule has 21 heavy (non-hydrogen) atoms. The van der Waals surface area contributed by atoms with Crippen molar-refractivity contribution in [3.8, 4) is 0 Å². The quantitative estimate of drug-likeness (QED) is 0.799. The molecule has 0 heterocycles. The number of carbonyl (C=O) groups is 2. The predicted octanol–water partition coefficient (Wildman–Crippen LogP) is 3.02. The normalized spacial score (nSPS) is 16.6. The van der Waals surface area contributed by atoms with E-state index in [2.05, 4.69) is 10.6 Å².